The second kappa shape index (κ2) is 6.70. The smallest absolute Gasteiger partial charge is 0.224 e. The molecular weight excluding hydrogens is 260 g/mol. The molecule has 0 unspecified atom stereocenters. The second-order valence-corrected chi connectivity index (χ2v) is 6.44. The third kappa shape index (κ3) is 4.35. The molecule has 104 valence electrons. The lowest BCUT2D eigenvalue weighted by Crippen LogP contribution is -2.29. The minimum absolute atomic E-state index is 0.0236. The minimum atomic E-state index is -0.618. The predicted octanol–water partition coefficient (Wildman–Crippen LogP) is 2.36. The maximum Gasteiger partial charge on any atom is 0.224 e. The highest BCUT2D eigenvalue weighted by Gasteiger charge is 2.17. The van der Waals surface area contributed by atoms with Gasteiger partial charge in [0.05, 0.1) is 0 Å². The van der Waals surface area contributed by atoms with Crippen molar-refractivity contribution in [2.45, 2.75) is 32.2 Å². The molecule has 1 amide bonds. The van der Waals surface area contributed by atoms with Crippen molar-refractivity contribution < 1.29 is 9.00 Å². The van der Waals surface area contributed by atoms with Crippen molar-refractivity contribution in [1.29, 1.82) is 0 Å². The molecule has 1 aromatic carbocycles. The summed E-state index contributed by atoms with van der Waals surface area (Å²) in [6.45, 7) is 1.83. The van der Waals surface area contributed by atoms with Gasteiger partial charge in [0.1, 0.15) is 0 Å². The van der Waals surface area contributed by atoms with Gasteiger partial charge in [0.15, 0.2) is 0 Å². The van der Waals surface area contributed by atoms with E-state index in [1.807, 2.05) is 31.2 Å². The highest BCUT2D eigenvalue weighted by atomic mass is 32.2. The quantitative estimate of drug-likeness (QED) is 0.890. The van der Waals surface area contributed by atoms with Gasteiger partial charge in [0.25, 0.3) is 0 Å². The number of hydrogen-bond donors (Lipinski definition) is 2. The van der Waals surface area contributed by atoms with Gasteiger partial charge in [0, 0.05) is 46.1 Å². The number of carbonyl (C=O) groups is 1. The maximum atomic E-state index is 11.3. The fourth-order valence-corrected chi connectivity index (χ4v) is 3.37. The van der Waals surface area contributed by atoms with Gasteiger partial charge >= 0.3 is 0 Å². The molecule has 1 aliphatic rings. The summed E-state index contributed by atoms with van der Waals surface area (Å²) in [7, 11) is -0.618. The SMILES string of the molecule is CCC(=O)Nc1ccc(NC2CCS(=O)CC2)cc1. The number of amides is 1. The first kappa shape index (κ1) is 14.1. The second-order valence-electron chi connectivity index (χ2n) is 4.75. The Bertz CT molecular complexity index is 449. The molecule has 0 atom stereocenters. The lowest BCUT2D eigenvalue weighted by Gasteiger charge is -2.23. The molecule has 1 aromatic rings. The molecule has 19 heavy (non-hydrogen) atoms. The summed E-state index contributed by atoms with van der Waals surface area (Å²) in [4.78, 5) is 11.3. The summed E-state index contributed by atoms with van der Waals surface area (Å²) in [5, 5.41) is 6.27. The molecule has 0 spiro atoms. The molecule has 4 nitrogen and oxygen atoms in total. The van der Waals surface area contributed by atoms with E-state index in [0.717, 1.165) is 35.7 Å². The Labute approximate surface area is 116 Å². The largest absolute Gasteiger partial charge is 0.382 e. The van der Waals surface area contributed by atoms with Crippen LogP contribution in [0.5, 0.6) is 0 Å². The molecule has 1 fully saturated rings. The fraction of sp³-hybridized carbons (Fsp3) is 0.500. The van der Waals surface area contributed by atoms with Gasteiger partial charge < -0.3 is 10.6 Å². The highest BCUT2D eigenvalue weighted by molar-refractivity contribution is 7.85. The standard InChI is InChI=1S/C14H20N2O2S/c1-2-14(17)16-12-5-3-11(4-6-12)15-13-7-9-19(18)10-8-13/h3-6,13,15H,2,7-10H2,1H3,(H,16,17). The summed E-state index contributed by atoms with van der Waals surface area (Å²) in [6, 6.07) is 8.15. The molecule has 5 heteroatoms. The van der Waals surface area contributed by atoms with Crippen molar-refractivity contribution >= 4 is 28.1 Å². The predicted molar refractivity (Wildman–Crippen MR) is 79.9 cm³/mol. The van der Waals surface area contributed by atoms with Crippen LogP contribution in [0.25, 0.3) is 0 Å². The summed E-state index contributed by atoms with van der Waals surface area (Å²) in [6.07, 6.45) is 2.40. The number of nitrogens with one attached hydrogen (secondary N) is 2. The topological polar surface area (TPSA) is 58.2 Å². The highest BCUT2D eigenvalue weighted by Crippen LogP contribution is 2.18. The molecular formula is C14H20N2O2S. The Hall–Kier alpha value is -1.36. The summed E-state index contributed by atoms with van der Waals surface area (Å²) < 4.78 is 11.3. The lowest BCUT2D eigenvalue weighted by molar-refractivity contribution is -0.115. The van der Waals surface area contributed by atoms with E-state index in [2.05, 4.69) is 10.6 Å². The van der Waals surface area contributed by atoms with Crippen LogP contribution in [0.15, 0.2) is 24.3 Å². The van der Waals surface area contributed by atoms with Crippen LogP contribution in [0.3, 0.4) is 0 Å². The number of hydrogen-bond acceptors (Lipinski definition) is 3. The van der Waals surface area contributed by atoms with E-state index in [0.29, 0.717) is 12.5 Å². The summed E-state index contributed by atoms with van der Waals surface area (Å²) in [5.41, 5.74) is 1.87. The van der Waals surface area contributed by atoms with Gasteiger partial charge in [-0.3, -0.25) is 9.00 Å². The molecule has 1 aliphatic heterocycles. The first-order chi connectivity index (χ1) is 9.17. The Morgan fingerprint density at radius 2 is 1.79 bits per heavy atom. The van der Waals surface area contributed by atoms with E-state index >= 15 is 0 Å². The number of anilines is 2. The fourth-order valence-electron chi connectivity index (χ4n) is 2.07. The van der Waals surface area contributed by atoms with Gasteiger partial charge in [-0.25, -0.2) is 0 Å². The van der Waals surface area contributed by atoms with E-state index in [1.165, 1.54) is 0 Å². The Morgan fingerprint density at radius 1 is 1.21 bits per heavy atom. The Kier molecular flexibility index (Phi) is 4.96. The van der Waals surface area contributed by atoms with Crippen molar-refractivity contribution in [1.82, 2.24) is 0 Å². The number of benzene rings is 1. The summed E-state index contributed by atoms with van der Waals surface area (Å²) >= 11 is 0. The van der Waals surface area contributed by atoms with Crippen LogP contribution in [-0.2, 0) is 15.6 Å². The molecule has 0 saturated carbocycles. The monoisotopic (exact) mass is 280 g/mol. The van der Waals surface area contributed by atoms with E-state index < -0.39 is 10.8 Å². The average Bonchev–Trinajstić information content (AvgIpc) is 2.43. The van der Waals surface area contributed by atoms with Gasteiger partial charge in [-0.05, 0) is 37.1 Å². The third-order valence-electron chi connectivity index (χ3n) is 3.25. The van der Waals surface area contributed by atoms with Crippen molar-refractivity contribution in [3.8, 4) is 0 Å². The van der Waals surface area contributed by atoms with Crippen molar-refractivity contribution in [2.24, 2.45) is 0 Å². The number of carbonyl (C=O) groups excluding carboxylic acids is 1. The normalized spacial score (nSPS) is 22.8. The molecule has 1 saturated heterocycles. The van der Waals surface area contributed by atoms with Crippen molar-refractivity contribution in [3.63, 3.8) is 0 Å². The van der Waals surface area contributed by atoms with E-state index in [1.54, 1.807) is 0 Å². The van der Waals surface area contributed by atoms with Gasteiger partial charge in [0.2, 0.25) is 5.91 Å². The van der Waals surface area contributed by atoms with Crippen LogP contribution in [-0.4, -0.2) is 27.7 Å². The maximum absolute atomic E-state index is 11.3. The molecule has 2 N–H and O–H groups in total. The third-order valence-corrected chi connectivity index (χ3v) is 4.63. The molecule has 1 heterocycles. The molecule has 0 aliphatic carbocycles. The van der Waals surface area contributed by atoms with E-state index in [9.17, 15) is 9.00 Å². The molecule has 0 aromatic heterocycles. The first-order valence-electron chi connectivity index (χ1n) is 6.69. The van der Waals surface area contributed by atoms with E-state index in [4.69, 9.17) is 0 Å². The number of rotatable bonds is 4. The molecule has 2 rings (SSSR count). The minimum Gasteiger partial charge on any atom is -0.382 e. The van der Waals surface area contributed by atoms with Crippen LogP contribution in [0, 0.1) is 0 Å². The van der Waals surface area contributed by atoms with E-state index in [-0.39, 0.29) is 5.91 Å². The van der Waals surface area contributed by atoms with Crippen LogP contribution < -0.4 is 10.6 Å². The molecule has 0 radical (unpaired) electrons. The summed E-state index contributed by atoms with van der Waals surface area (Å²) in [5.74, 6) is 1.61. The van der Waals surface area contributed by atoms with Crippen LogP contribution >= 0.6 is 0 Å². The van der Waals surface area contributed by atoms with Gasteiger partial charge in [-0.15, -0.1) is 0 Å². The van der Waals surface area contributed by atoms with Crippen LogP contribution in [0.4, 0.5) is 11.4 Å². The zero-order valence-electron chi connectivity index (χ0n) is 11.1. The Morgan fingerprint density at radius 3 is 2.37 bits per heavy atom. The zero-order valence-corrected chi connectivity index (χ0v) is 12.0. The average molecular weight is 280 g/mol. The van der Waals surface area contributed by atoms with Crippen LogP contribution in [0.1, 0.15) is 26.2 Å². The Balaban J connectivity index is 1.88. The van der Waals surface area contributed by atoms with Gasteiger partial charge in [-0.1, -0.05) is 6.92 Å². The first-order valence-corrected chi connectivity index (χ1v) is 8.17. The lowest BCUT2D eigenvalue weighted by atomic mass is 10.1. The van der Waals surface area contributed by atoms with Gasteiger partial charge in [-0.2, -0.15) is 0 Å². The van der Waals surface area contributed by atoms with Crippen molar-refractivity contribution in [2.75, 3.05) is 22.1 Å². The van der Waals surface area contributed by atoms with Crippen molar-refractivity contribution in [3.05, 3.63) is 24.3 Å². The zero-order chi connectivity index (χ0) is 13.7. The molecule has 0 bridgehead atoms. The van der Waals surface area contributed by atoms with Crippen LogP contribution in [0.2, 0.25) is 0 Å².